The molecule has 0 saturated carbocycles. The van der Waals surface area contributed by atoms with Crippen LogP contribution in [0.2, 0.25) is 0 Å². The molecule has 1 aromatic carbocycles. The van der Waals surface area contributed by atoms with Crippen molar-refractivity contribution in [1.29, 1.82) is 0 Å². The maximum atomic E-state index is 5.53. The lowest BCUT2D eigenvalue weighted by Crippen LogP contribution is -2.35. The zero-order chi connectivity index (χ0) is 13.9. The number of aromatic nitrogens is 2. The second kappa shape index (κ2) is 5.40. The number of nitrogens with zero attached hydrogens (tertiary/aromatic N) is 2. The van der Waals surface area contributed by atoms with Crippen LogP contribution in [-0.4, -0.2) is 15.7 Å². The van der Waals surface area contributed by atoms with Crippen LogP contribution in [0, 0.1) is 6.92 Å². The molecule has 1 heterocycles. The third kappa shape index (κ3) is 4.37. The molecular formula is C14H20N4O. The number of benzene rings is 1. The molecule has 0 spiro atoms. The Morgan fingerprint density at radius 3 is 2.68 bits per heavy atom. The van der Waals surface area contributed by atoms with Crippen molar-refractivity contribution >= 4 is 11.7 Å². The number of aryl methyl sites for hydroxylation is 1. The van der Waals surface area contributed by atoms with Crippen molar-refractivity contribution in [2.24, 2.45) is 0 Å². The molecule has 2 rings (SSSR count). The Hall–Kier alpha value is -1.88. The van der Waals surface area contributed by atoms with E-state index >= 15 is 0 Å². The van der Waals surface area contributed by atoms with E-state index in [1.165, 1.54) is 5.56 Å². The number of rotatable bonds is 4. The van der Waals surface area contributed by atoms with Gasteiger partial charge in [-0.25, -0.2) is 0 Å². The summed E-state index contributed by atoms with van der Waals surface area (Å²) in [5.41, 5.74) is 2.15. The van der Waals surface area contributed by atoms with Crippen molar-refractivity contribution in [3.8, 4) is 0 Å². The van der Waals surface area contributed by atoms with Crippen molar-refractivity contribution in [1.82, 2.24) is 15.5 Å². The van der Waals surface area contributed by atoms with Crippen molar-refractivity contribution in [2.75, 3.05) is 5.32 Å². The molecule has 5 nitrogen and oxygen atoms in total. The first-order valence-corrected chi connectivity index (χ1v) is 6.33. The van der Waals surface area contributed by atoms with Gasteiger partial charge in [-0.2, -0.15) is 0 Å². The summed E-state index contributed by atoms with van der Waals surface area (Å²) >= 11 is 0. The maximum Gasteiger partial charge on any atom is 0.320 e. The van der Waals surface area contributed by atoms with E-state index < -0.39 is 0 Å². The zero-order valence-electron chi connectivity index (χ0n) is 11.8. The normalized spacial score (nSPS) is 11.6. The highest BCUT2D eigenvalue weighted by Crippen LogP contribution is 2.16. The summed E-state index contributed by atoms with van der Waals surface area (Å²) in [4.78, 5) is 0. The van der Waals surface area contributed by atoms with Gasteiger partial charge < -0.3 is 15.1 Å². The van der Waals surface area contributed by atoms with E-state index in [0.717, 1.165) is 5.69 Å². The lowest BCUT2D eigenvalue weighted by Gasteiger charge is -2.18. The van der Waals surface area contributed by atoms with Crippen molar-refractivity contribution in [2.45, 2.75) is 39.8 Å². The molecular weight excluding hydrogens is 240 g/mol. The van der Waals surface area contributed by atoms with E-state index in [0.29, 0.717) is 18.5 Å². The van der Waals surface area contributed by atoms with Crippen LogP contribution in [0.3, 0.4) is 0 Å². The van der Waals surface area contributed by atoms with Gasteiger partial charge in [0.2, 0.25) is 5.89 Å². The summed E-state index contributed by atoms with van der Waals surface area (Å²) < 4.78 is 5.53. The molecule has 102 valence electrons. The molecule has 0 amide bonds. The third-order valence-electron chi connectivity index (χ3n) is 2.51. The molecule has 0 aliphatic rings. The third-order valence-corrected chi connectivity index (χ3v) is 2.51. The molecule has 2 aromatic rings. The van der Waals surface area contributed by atoms with Crippen LogP contribution < -0.4 is 10.6 Å². The molecule has 0 aliphatic carbocycles. The van der Waals surface area contributed by atoms with Gasteiger partial charge in [0.05, 0.1) is 6.54 Å². The van der Waals surface area contributed by atoms with E-state index in [4.69, 9.17) is 4.42 Å². The number of hydrogen-bond acceptors (Lipinski definition) is 5. The monoisotopic (exact) mass is 260 g/mol. The molecule has 1 aromatic heterocycles. The summed E-state index contributed by atoms with van der Waals surface area (Å²) in [7, 11) is 0. The first kappa shape index (κ1) is 13.5. The fourth-order valence-electron chi connectivity index (χ4n) is 1.56. The molecule has 19 heavy (non-hydrogen) atoms. The Kier molecular flexibility index (Phi) is 3.85. The van der Waals surface area contributed by atoms with Gasteiger partial charge in [0.15, 0.2) is 0 Å². The quantitative estimate of drug-likeness (QED) is 0.884. The van der Waals surface area contributed by atoms with E-state index in [1.54, 1.807) is 0 Å². The van der Waals surface area contributed by atoms with Crippen LogP contribution in [0.15, 0.2) is 28.7 Å². The fourth-order valence-corrected chi connectivity index (χ4v) is 1.56. The summed E-state index contributed by atoms with van der Waals surface area (Å²) in [5.74, 6) is 0.574. The SMILES string of the molecule is Cc1cccc(Nc2nnc(CNC(C)(C)C)o2)c1. The van der Waals surface area contributed by atoms with Gasteiger partial charge in [0.25, 0.3) is 0 Å². The van der Waals surface area contributed by atoms with Gasteiger partial charge >= 0.3 is 6.01 Å². The predicted octanol–water partition coefficient (Wildman–Crippen LogP) is 3.01. The zero-order valence-corrected chi connectivity index (χ0v) is 11.8. The molecule has 0 atom stereocenters. The molecule has 2 N–H and O–H groups in total. The molecule has 0 aliphatic heterocycles. The summed E-state index contributed by atoms with van der Waals surface area (Å²) in [6, 6.07) is 8.42. The maximum absolute atomic E-state index is 5.53. The second-order valence-electron chi connectivity index (χ2n) is 5.60. The molecule has 0 unspecified atom stereocenters. The van der Waals surface area contributed by atoms with Crippen molar-refractivity contribution < 1.29 is 4.42 Å². The van der Waals surface area contributed by atoms with Crippen LogP contribution in [0.4, 0.5) is 11.7 Å². The van der Waals surface area contributed by atoms with Gasteiger partial charge in [-0.1, -0.05) is 17.2 Å². The van der Waals surface area contributed by atoms with Gasteiger partial charge in [-0.05, 0) is 45.4 Å². The van der Waals surface area contributed by atoms with Crippen molar-refractivity contribution in [3.63, 3.8) is 0 Å². The summed E-state index contributed by atoms with van der Waals surface area (Å²) in [6.07, 6.45) is 0. The predicted molar refractivity (Wildman–Crippen MR) is 75.4 cm³/mol. The largest absolute Gasteiger partial charge is 0.406 e. The summed E-state index contributed by atoms with van der Waals surface area (Å²) in [5, 5.41) is 14.4. The van der Waals surface area contributed by atoms with E-state index in [1.807, 2.05) is 31.2 Å². The standard InChI is InChI=1S/C14H20N4O/c1-10-6-5-7-11(8-10)16-13-18-17-12(19-13)9-15-14(2,3)4/h5-8,15H,9H2,1-4H3,(H,16,18). The lowest BCUT2D eigenvalue weighted by molar-refractivity contribution is 0.384. The number of nitrogens with one attached hydrogen (secondary N) is 2. The fraction of sp³-hybridized carbons (Fsp3) is 0.429. The van der Waals surface area contributed by atoms with Crippen LogP contribution in [-0.2, 0) is 6.54 Å². The summed E-state index contributed by atoms with van der Waals surface area (Å²) in [6.45, 7) is 8.88. The minimum atomic E-state index is 0.0264. The van der Waals surface area contributed by atoms with Gasteiger partial charge in [0.1, 0.15) is 0 Å². The number of hydrogen-bond donors (Lipinski definition) is 2. The second-order valence-corrected chi connectivity index (χ2v) is 5.60. The number of anilines is 2. The Morgan fingerprint density at radius 2 is 2.00 bits per heavy atom. The van der Waals surface area contributed by atoms with E-state index in [9.17, 15) is 0 Å². The highest BCUT2D eigenvalue weighted by molar-refractivity contribution is 5.52. The van der Waals surface area contributed by atoms with Crippen molar-refractivity contribution in [3.05, 3.63) is 35.7 Å². The average molecular weight is 260 g/mol. The first-order chi connectivity index (χ1) is 8.92. The molecule has 0 bridgehead atoms. The van der Waals surface area contributed by atoms with Crippen LogP contribution in [0.1, 0.15) is 32.2 Å². The van der Waals surface area contributed by atoms with Gasteiger partial charge in [-0.3, -0.25) is 0 Å². The van der Waals surface area contributed by atoms with Crippen LogP contribution >= 0.6 is 0 Å². The first-order valence-electron chi connectivity index (χ1n) is 6.33. The lowest BCUT2D eigenvalue weighted by atomic mass is 10.1. The minimum absolute atomic E-state index is 0.0264. The Labute approximate surface area is 113 Å². The molecule has 0 saturated heterocycles. The van der Waals surface area contributed by atoms with E-state index in [-0.39, 0.29) is 5.54 Å². The Morgan fingerprint density at radius 1 is 1.21 bits per heavy atom. The Balaban J connectivity index is 1.97. The molecule has 0 radical (unpaired) electrons. The topological polar surface area (TPSA) is 63.0 Å². The Bertz CT molecular complexity index is 542. The van der Waals surface area contributed by atoms with Crippen LogP contribution in [0.25, 0.3) is 0 Å². The van der Waals surface area contributed by atoms with Crippen LogP contribution in [0.5, 0.6) is 0 Å². The smallest absolute Gasteiger partial charge is 0.320 e. The highest BCUT2D eigenvalue weighted by atomic mass is 16.4. The van der Waals surface area contributed by atoms with E-state index in [2.05, 4.69) is 41.6 Å². The highest BCUT2D eigenvalue weighted by Gasteiger charge is 2.12. The minimum Gasteiger partial charge on any atom is -0.406 e. The average Bonchev–Trinajstić information content (AvgIpc) is 2.73. The van der Waals surface area contributed by atoms with Gasteiger partial charge in [0, 0.05) is 11.2 Å². The molecule has 0 fully saturated rings. The molecule has 5 heteroatoms. The van der Waals surface area contributed by atoms with Gasteiger partial charge in [-0.15, -0.1) is 5.10 Å².